The molecule has 0 unspecified atom stereocenters. The van der Waals surface area contributed by atoms with Gasteiger partial charge in [0, 0.05) is 46.1 Å². The topological polar surface area (TPSA) is 52.9 Å². The lowest BCUT2D eigenvalue weighted by molar-refractivity contribution is 0.171. The molecule has 0 radical (unpaired) electrons. The summed E-state index contributed by atoms with van der Waals surface area (Å²) in [6, 6.07) is 9.05. The first-order valence-electron chi connectivity index (χ1n) is 15.4. The molecule has 6 heteroatoms. The molecular formula is C36H57NO3S2. The summed E-state index contributed by atoms with van der Waals surface area (Å²) in [5.74, 6) is 1.43. The second-order valence-corrected chi connectivity index (χ2v) is 19.2. The van der Waals surface area contributed by atoms with Gasteiger partial charge in [0.05, 0.1) is 17.8 Å². The molecule has 0 atom stereocenters. The van der Waals surface area contributed by atoms with Gasteiger partial charge in [0.2, 0.25) is 0 Å². The van der Waals surface area contributed by atoms with Gasteiger partial charge >= 0.3 is 0 Å². The van der Waals surface area contributed by atoms with E-state index in [-0.39, 0.29) is 32.3 Å². The van der Waals surface area contributed by atoms with Crippen molar-refractivity contribution >= 4 is 23.5 Å². The summed E-state index contributed by atoms with van der Waals surface area (Å²) in [6.45, 7) is 29.5. The first kappa shape index (κ1) is 35.1. The van der Waals surface area contributed by atoms with Crippen molar-refractivity contribution in [3.8, 4) is 11.5 Å². The number of hydrogen-bond donors (Lipinski definition) is 2. The number of phenolic OH excluding ortho intramolecular Hbond substituents is 1. The van der Waals surface area contributed by atoms with Crippen LogP contribution in [0.2, 0.25) is 0 Å². The van der Waals surface area contributed by atoms with Gasteiger partial charge in [0.25, 0.3) is 0 Å². The van der Waals surface area contributed by atoms with Crippen molar-refractivity contribution in [2.24, 2.45) is 0 Å². The fourth-order valence-corrected chi connectivity index (χ4v) is 9.19. The fourth-order valence-electron chi connectivity index (χ4n) is 5.87. The Hall–Kier alpha value is -1.34. The van der Waals surface area contributed by atoms with E-state index in [0.717, 1.165) is 42.8 Å². The zero-order valence-electron chi connectivity index (χ0n) is 28.6. The monoisotopic (exact) mass is 615 g/mol. The number of thioether (sulfide) groups is 2. The molecule has 4 nitrogen and oxygen atoms in total. The molecule has 0 spiro atoms. The van der Waals surface area contributed by atoms with Crippen LogP contribution in [0.25, 0.3) is 0 Å². The normalized spacial score (nSPS) is 17.0. The highest BCUT2D eigenvalue weighted by molar-refractivity contribution is 8.18. The van der Waals surface area contributed by atoms with Crippen LogP contribution >= 0.6 is 23.5 Å². The third-order valence-electron chi connectivity index (χ3n) is 8.21. The second kappa shape index (κ2) is 12.6. The van der Waals surface area contributed by atoms with Crippen LogP contribution in [-0.4, -0.2) is 52.5 Å². The number of aliphatic hydroxyl groups excluding tert-OH is 1. The molecule has 2 N–H and O–H groups in total. The lowest BCUT2D eigenvalue weighted by atomic mass is 9.79. The molecule has 236 valence electrons. The fraction of sp³-hybridized carbons (Fsp3) is 0.667. The van der Waals surface area contributed by atoms with E-state index in [0.29, 0.717) is 12.3 Å². The van der Waals surface area contributed by atoms with Crippen molar-refractivity contribution in [2.45, 2.75) is 131 Å². The number of likely N-dealkylation sites (tertiary alicyclic amines) is 1. The maximum atomic E-state index is 11.4. The van der Waals surface area contributed by atoms with Crippen LogP contribution in [0, 0.1) is 0 Å². The van der Waals surface area contributed by atoms with Crippen molar-refractivity contribution in [3.05, 3.63) is 46.5 Å². The maximum Gasteiger partial charge on any atom is 0.127 e. The zero-order valence-corrected chi connectivity index (χ0v) is 30.3. The van der Waals surface area contributed by atoms with E-state index in [9.17, 15) is 10.2 Å². The molecule has 0 bridgehead atoms. The van der Waals surface area contributed by atoms with Crippen molar-refractivity contribution < 1.29 is 14.9 Å². The number of benzene rings is 2. The highest BCUT2D eigenvalue weighted by atomic mass is 32.2. The molecule has 2 aromatic rings. The zero-order chi connectivity index (χ0) is 31.9. The van der Waals surface area contributed by atoms with Gasteiger partial charge in [-0.05, 0) is 58.3 Å². The molecule has 1 fully saturated rings. The number of nitrogens with zero attached hydrogens (tertiary/aromatic N) is 1. The van der Waals surface area contributed by atoms with Gasteiger partial charge in [-0.15, -0.1) is 23.5 Å². The largest absolute Gasteiger partial charge is 0.507 e. The molecule has 3 rings (SSSR count). The molecule has 0 aromatic heterocycles. The van der Waals surface area contributed by atoms with Gasteiger partial charge in [-0.2, -0.15) is 0 Å². The molecule has 2 aromatic carbocycles. The van der Waals surface area contributed by atoms with Gasteiger partial charge in [-0.25, -0.2) is 0 Å². The molecule has 1 aliphatic heterocycles. The molecule has 42 heavy (non-hydrogen) atoms. The number of rotatable bonds is 7. The Kier molecular flexibility index (Phi) is 10.5. The summed E-state index contributed by atoms with van der Waals surface area (Å²) in [7, 11) is 1.81. The van der Waals surface area contributed by atoms with Crippen LogP contribution in [0.1, 0.15) is 118 Å². The molecule has 0 saturated carbocycles. The summed E-state index contributed by atoms with van der Waals surface area (Å²) < 4.78 is 6.09. The van der Waals surface area contributed by atoms with E-state index >= 15 is 0 Å². The van der Waals surface area contributed by atoms with Crippen LogP contribution in [0.15, 0.2) is 34.1 Å². The quantitative estimate of drug-likeness (QED) is 0.303. The standard InChI is InChI=1S/C36H57NO3S2/c1-32(2,3)25-14-15-28(29(31(25)40-13)35(10,11)12)42-36(16-18-37(19-17-36)20-21-38)41-24-22-26(33(4,5)6)30(39)27(23-24)34(7,8)9/h14-15,22-23,38-39H,16-21H2,1-13H3. The highest BCUT2D eigenvalue weighted by Gasteiger charge is 2.40. The predicted molar refractivity (Wildman–Crippen MR) is 183 cm³/mol. The van der Waals surface area contributed by atoms with Gasteiger partial charge in [0.15, 0.2) is 0 Å². The number of piperidine rings is 1. The lowest BCUT2D eigenvalue weighted by Crippen LogP contribution is -2.42. The molecule has 0 amide bonds. The van der Waals surface area contributed by atoms with Crippen LogP contribution < -0.4 is 4.74 Å². The Morgan fingerprint density at radius 3 is 1.67 bits per heavy atom. The summed E-state index contributed by atoms with van der Waals surface area (Å²) in [6.07, 6.45) is 1.98. The number of β-amino-alcohol motifs (C(OH)–C–C–N with tert-alkyl or cyclic N) is 1. The van der Waals surface area contributed by atoms with E-state index in [1.54, 1.807) is 0 Å². The van der Waals surface area contributed by atoms with Crippen LogP contribution in [0.4, 0.5) is 0 Å². The molecule has 1 aliphatic rings. The first-order chi connectivity index (χ1) is 19.1. The minimum atomic E-state index is -0.180. The smallest absolute Gasteiger partial charge is 0.127 e. The second-order valence-electron chi connectivity index (χ2n) is 16.1. The number of methoxy groups -OCH3 is 1. The van der Waals surface area contributed by atoms with Gasteiger partial charge in [-0.1, -0.05) is 89.2 Å². The Labute approximate surface area is 265 Å². The summed E-state index contributed by atoms with van der Waals surface area (Å²) in [5, 5.41) is 21.0. The lowest BCUT2D eigenvalue weighted by Gasteiger charge is -2.42. The van der Waals surface area contributed by atoms with Gasteiger partial charge in [0.1, 0.15) is 11.5 Å². The highest BCUT2D eigenvalue weighted by Crippen LogP contribution is 2.56. The summed E-state index contributed by atoms with van der Waals surface area (Å²) in [5.41, 5.74) is 4.02. The molecule has 1 saturated heterocycles. The van der Waals surface area contributed by atoms with Gasteiger partial charge in [-0.3, -0.25) is 0 Å². The number of hydrogen-bond acceptors (Lipinski definition) is 6. The van der Waals surface area contributed by atoms with E-state index in [1.165, 1.54) is 20.9 Å². The predicted octanol–water partition coefficient (Wildman–Crippen LogP) is 9.26. The van der Waals surface area contributed by atoms with Crippen molar-refractivity contribution in [1.82, 2.24) is 4.90 Å². The Morgan fingerprint density at radius 1 is 0.762 bits per heavy atom. The van der Waals surface area contributed by atoms with Gasteiger partial charge < -0.3 is 19.8 Å². The third kappa shape index (κ3) is 8.02. The first-order valence-corrected chi connectivity index (χ1v) is 17.1. The Morgan fingerprint density at radius 2 is 1.26 bits per heavy atom. The minimum absolute atomic E-state index is 0.0324. The van der Waals surface area contributed by atoms with Crippen molar-refractivity contribution in [1.29, 1.82) is 0 Å². The van der Waals surface area contributed by atoms with E-state index < -0.39 is 0 Å². The van der Waals surface area contributed by atoms with Crippen molar-refractivity contribution in [3.63, 3.8) is 0 Å². The van der Waals surface area contributed by atoms with Crippen LogP contribution in [0.5, 0.6) is 11.5 Å². The van der Waals surface area contributed by atoms with E-state index in [1.807, 2.05) is 30.6 Å². The van der Waals surface area contributed by atoms with Crippen molar-refractivity contribution in [2.75, 3.05) is 33.4 Å². The summed E-state index contributed by atoms with van der Waals surface area (Å²) in [4.78, 5) is 4.87. The third-order valence-corrected chi connectivity index (χ3v) is 11.3. The SMILES string of the molecule is COc1c(C(C)(C)C)ccc(SC2(Sc3cc(C(C)(C)C)c(O)c(C(C)(C)C)c3)CCN(CCO)CC2)c1C(C)(C)C. The number of aromatic hydroxyl groups is 1. The number of aliphatic hydroxyl groups is 1. The van der Waals surface area contributed by atoms with Crippen LogP contribution in [0.3, 0.4) is 0 Å². The van der Waals surface area contributed by atoms with Crippen LogP contribution in [-0.2, 0) is 21.7 Å². The average molecular weight is 616 g/mol. The molecule has 1 heterocycles. The summed E-state index contributed by atoms with van der Waals surface area (Å²) >= 11 is 3.95. The van der Waals surface area contributed by atoms with E-state index in [4.69, 9.17) is 4.74 Å². The number of phenols is 1. The molecule has 0 aliphatic carbocycles. The molecular weight excluding hydrogens is 559 g/mol. The minimum Gasteiger partial charge on any atom is -0.507 e. The van der Waals surface area contributed by atoms with E-state index in [2.05, 4.69) is 112 Å². The maximum absolute atomic E-state index is 11.4. The Bertz CT molecular complexity index is 1200. The Balaban J connectivity index is 2.21. The average Bonchev–Trinajstić information content (AvgIpc) is 2.83. The number of ether oxygens (including phenoxy) is 1.